The summed E-state index contributed by atoms with van der Waals surface area (Å²) in [6, 6.07) is 4.86. The van der Waals surface area contributed by atoms with Gasteiger partial charge in [0.25, 0.3) is 0 Å². The smallest absolute Gasteiger partial charge is 0.317 e. The minimum absolute atomic E-state index is 0.0717. The molecule has 1 aromatic rings. The van der Waals surface area contributed by atoms with E-state index in [0.717, 1.165) is 10.0 Å². The first kappa shape index (κ1) is 14.8. The standard InChI is InChI=1S/C13H16BrN3O3S/c1-9-6-11(2-3-12(9)14)21(19,20)16-4-5-17-10(8-16)7-15-13(17)18/h2-3,6,10H,4-5,7-8H2,1H3,(H,15,18). The molecule has 2 aliphatic heterocycles. The van der Waals surface area contributed by atoms with E-state index in [1.165, 1.54) is 4.31 Å². The van der Waals surface area contributed by atoms with Crippen molar-refractivity contribution in [2.75, 3.05) is 26.2 Å². The van der Waals surface area contributed by atoms with Gasteiger partial charge in [0.05, 0.1) is 10.9 Å². The molecule has 114 valence electrons. The molecule has 1 aromatic carbocycles. The molecular weight excluding hydrogens is 358 g/mol. The van der Waals surface area contributed by atoms with E-state index < -0.39 is 10.0 Å². The Balaban J connectivity index is 1.85. The van der Waals surface area contributed by atoms with E-state index in [1.54, 1.807) is 23.1 Å². The number of carbonyl (C=O) groups is 1. The van der Waals surface area contributed by atoms with E-state index in [2.05, 4.69) is 21.2 Å². The van der Waals surface area contributed by atoms with Crippen LogP contribution in [0, 0.1) is 6.92 Å². The van der Waals surface area contributed by atoms with Crippen molar-refractivity contribution < 1.29 is 13.2 Å². The number of piperazine rings is 1. The number of nitrogens with one attached hydrogen (secondary N) is 1. The second kappa shape index (κ2) is 5.26. The quantitative estimate of drug-likeness (QED) is 0.845. The molecule has 0 radical (unpaired) electrons. The van der Waals surface area contributed by atoms with Crippen LogP contribution >= 0.6 is 15.9 Å². The van der Waals surface area contributed by atoms with Crippen molar-refractivity contribution in [1.82, 2.24) is 14.5 Å². The summed E-state index contributed by atoms with van der Waals surface area (Å²) in [5.74, 6) is 0. The zero-order valence-electron chi connectivity index (χ0n) is 11.5. The van der Waals surface area contributed by atoms with Crippen LogP contribution in [0.4, 0.5) is 4.79 Å². The third-order valence-corrected chi connectivity index (χ3v) is 6.71. The van der Waals surface area contributed by atoms with E-state index in [1.807, 2.05) is 6.92 Å². The molecule has 2 amide bonds. The highest BCUT2D eigenvalue weighted by molar-refractivity contribution is 9.10. The zero-order valence-corrected chi connectivity index (χ0v) is 13.9. The Labute approximate surface area is 132 Å². The Morgan fingerprint density at radius 2 is 2.10 bits per heavy atom. The van der Waals surface area contributed by atoms with Crippen LogP contribution < -0.4 is 5.32 Å². The lowest BCUT2D eigenvalue weighted by Crippen LogP contribution is -2.53. The molecule has 1 unspecified atom stereocenters. The van der Waals surface area contributed by atoms with Crippen molar-refractivity contribution in [2.24, 2.45) is 0 Å². The number of urea groups is 1. The van der Waals surface area contributed by atoms with Gasteiger partial charge in [-0.15, -0.1) is 0 Å². The van der Waals surface area contributed by atoms with E-state index in [9.17, 15) is 13.2 Å². The van der Waals surface area contributed by atoms with E-state index >= 15 is 0 Å². The highest BCUT2D eigenvalue weighted by atomic mass is 79.9. The molecule has 1 atom stereocenters. The molecule has 0 aliphatic carbocycles. The average Bonchev–Trinajstić information content (AvgIpc) is 2.83. The van der Waals surface area contributed by atoms with Gasteiger partial charge in [-0.25, -0.2) is 13.2 Å². The van der Waals surface area contributed by atoms with E-state index in [4.69, 9.17) is 0 Å². The van der Waals surface area contributed by atoms with E-state index in [0.29, 0.717) is 31.1 Å². The Kier molecular flexibility index (Phi) is 3.71. The fourth-order valence-electron chi connectivity index (χ4n) is 2.72. The van der Waals surface area contributed by atoms with Gasteiger partial charge in [-0.05, 0) is 30.7 Å². The Bertz CT molecular complexity index is 692. The molecule has 21 heavy (non-hydrogen) atoms. The van der Waals surface area contributed by atoms with Gasteiger partial charge in [0, 0.05) is 30.7 Å². The van der Waals surface area contributed by atoms with Crippen LogP contribution in [-0.2, 0) is 10.0 Å². The molecule has 0 saturated carbocycles. The van der Waals surface area contributed by atoms with Crippen molar-refractivity contribution in [2.45, 2.75) is 17.9 Å². The number of hydrogen-bond acceptors (Lipinski definition) is 3. The lowest BCUT2D eigenvalue weighted by atomic mass is 10.2. The minimum Gasteiger partial charge on any atom is -0.336 e. The molecule has 0 spiro atoms. The van der Waals surface area contributed by atoms with Crippen LogP contribution in [-0.4, -0.2) is 55.9 Å². The van der Waals surface area contributed by atoms with Crippen LogP contribution in [0.5, 0.6) is 0 Å². The third kappa shape index (κ3) is 2.56. The number of carbonyl (C=O) groups excluding carboxylic acids is 1. The number of rotatable bonds is 2. The van der Waals surface area contributed by atoms with E-state index in [-0.39, 0.29) is 12.1 Å². The van der Waals surface area contributed by atoms with Gasteiger partial charge in [-0.2, -0.15) is 4.31 Å². The predicted molar refractivity (Wildman–Crippen MR) is 81.5 cm³/mol. The molecule has 1 N–H and O–H groups in total. The second-order valence-electron chi connectivity index (χ2n) is 5.31. The summed E-state index contributed by atoms with van der Waals surface area (Å²) in [7, 11) is -3.51. The van der Waals surface area contributed by atoms with Crippen LogP contribution in [0.25, 0.3) is 0 Å². The fraction of sp³-hybridized carbons (Fsp3) is 0.462. The molecule has 0 bridgehead atoms. The van der Waals surface area contributed by atoms with Gasteiger partial charge in [-0.1, -0.05) is 15.9 Å². The van der Waals surface area contributed by atoms with Gasteiger partial charge in [0.2, 0.25) is 10.0 Å². The van der Waals surface area contributed by atoms with Crippen LogP contribution in [0.2, 0.25) is 0 Å². The lowest BCUT2D eigenvalue weighted by molar-refractivity contribution is 0.164. The fourth-order valence-corrected chi connectivity index (χ4v) is 4.52. The number of amides is 2. The molecule has 2 heterocycles. The number of nitrogens with zero attached hydrogens (tertiary/aromatic N) is 2. The number of sulfonamides is 1. The maximum Gasteiger partial charge on any atom is 0.317 e. The van der Waals surface area contributed by atoms with Crippen LogP contribution in [0.1, 0.15) is 5.56 Å². The Hall–Kier alpha value is -1.12. The zero-order chi connectivity index (χ0) is 15.2. The first-order valence-corrected chi connectivity index (χ1v) is 8.93. The van der Waals surface area contributed by atoms with Crippen molar-refractivity contribution in [3.05, 3.63) is 28.2 Å². The number of benzene rings is 1. The summed E-state index contributed by atoms with van der Waals surface area (Å²) in [4.78, 5) is 13.6. The number of aryl methyl sites for hydroxylation is 1. The summed E-state index contributed by atoms with van der Waals surface area (Å²) in [6.07, 6.45) is 0. The predicted octanol–water partition coefficient (Wildman–Crippen LogP) is 1.16. The Morgan fingerprint density at radius 1 is 1.33 bits per heavy atom. The highest BCUT2D eigenvalue weighted by Crippen LogP contribution is 2.25. The summed E-state index contributed by atoms with van der Waals surface area (Å²) in [6.45, 7) is 3.48. The van der Waals surface area contributed by atoms with Crippen LogP contribution in [0.3, 0.4) is 0 Å². The molecule has 0 aromatic heterocycles. The SMILES string of the molecule is Cc1cc(S(=O)(=O)N2CCN3C(=O)NCC3C2)ccc1Br. The summed E-state index contributed by atoms with van der Waals surface area (Å²) in [5, 5.41) is 2.75. The van der Waals surface area contributed by atoms with Crippen molar-refractivity contribution in [3.8, 4) is 0 Å². The van der Waals surface area contributed by atoms with Gasteiger partial charge in [-0.3, -0.25) is 0 Å². The number of halogens is 1. The molecular formula is C13H16BrN3O3S. The first-order valence-electron chi connectivity index (χ1n) is 6.70. The highest BCUT2D eigenvalue weighted by Gasteiger charge is 2.39. The summed E-state index contributed by atoms with van der Waals surface area (Å²) < 4.78 is 27.8. The molecule has 2 saturated heterocycles. The normalized spacial score (nSPS) is 23.0. The number of fused-ring (bicyclic) bond motifs is 1. The maximum absolute atomic E-state index is 12.7. The van der Waals surface area contributed by atoms with Crippen molar-refractivity contribution in [3.63, 3.8) is 0 Å². The monoisotopic (exact) mass is 373 g/mol. The lowest BCUT2D eigenvalue weighted by Gasteiger charge is -2.35. The van der Waals surface area contributed by atoms with Gasteiger partial charge in [0.1, 0.15) is 0 Å². The Morgan fingerprint density at radius 3 is 2.81 bits per heavy atom. The summed E-state index contributed by atoms with van der Waals surface area (Å²) in [5.41, 5.74) is 0.882. The van der Waals surface area contributed by atoms with Gasteiger partial charge < -0.3 is 10.2 Å². The molecule has 2 aliphatic rings. The van der Waals surface area contributed by atoms with Gasteiger partial charge >= 0.3 is 6.03 Å². The second-order valence-corrected chi connectivity index (χ2v) is 8.10. The largest absolute Gasteiger partial charge is 0.336 e. The minimum atomic E-state index is -3.51. The summed E-state index contributed by atoms with van der Waals surface area (Å²) >= 11 is 3.37. The molecule has 6 nitrogen and oxygen atoms in total. The number of hydrogen-bond donors (Lipinski definition) is 1. The average molecular weight is 374 g/mol. The molecule has 2 fully saturated rings. The van der Waals surface area contributed by atoms with Crippen LogP contribution in [0.15, 0.2) is 27.6 Å². The topological polar surface area (TPSA) is 69.7 Å². The maximum atomic E-state index is 12.7. The third-order valence-electron chi connectivity index (χ3n) is 3.96. The first-order chi connectivity index (χ1) is 9.89. The molecule has 8 heteroatoms. The van der Waals surface area contributed by atoms with Crippen molar-refractivity contribution >= 4 is 32.0 Å². The van der Waals surface area contributed by atoms with Gasteiger partial charge in [0.15, 0.2) is 0 Å². The molecule has 3 rings (SSSR count). The van der Waals surface area contributed by atoms with Crippen molar-refractivity contribution in [1.29, 1.82) is 0 Å².